The van der Waals surface area contributed by atoms with Gasteiger partial charge < -0.3 is 5.32 Å². The second-order valence-corrected chi connectivity index (χ2v) is 6.84. The van der Waals surface area contributed by atoms with Gasteiger partial charge in [0.25, 0.3) is 0 Å². The van der Waals surface area contributed by atoms with E-state index in [4.69, 9.17) is 0 Å². The molecule has 0 aromatic heterocycles. The van der Waals surface area contributed by atoms with Gasteiger partial charge in [-0.05, 0) is 42.5 Å². The van der Waals surface area contributed by atoms with Crippen LogP contribution in [0, 0.1) is 11.8 Å². The van der Waals surface area contributed by atoms with Gasteiger partial charge in [-0.15, -0.1) is 0 Å². The van der Waals surface area contributed by atoms with E-state index in [9.17, 15) is 0 Å². The monoisotopic (exact) mass is 325 g/mol. The van der Waals surface area contributed by atoms with Crippen LogP contribution in [-0.2, 0) is 6.42 Å². The van der Waals surface area contributed by atoms with Crippen molar-refractivity contribution < 1.29 is 0 Å². The average molecular weight is 326 g/mol. The molecule has 0 fully saturated rings. The Morgan fingerprint density at radius 3 is 2.53 bits per heavy atom. The molecule has 0 aliphatic rings. The van der Waals surface area contributed by atoms with Crippen LogP contribution in [0.2, 0.25) is 0 Å². The van der Waals surface area contributed by atoms with E-state index in [-0.39, 0.29) is 0 Å². The molecular weight excluding hydrogens is 298 g/mol. The molecule has 1 rings (SSSR count). The highest BCUT2D eigenvalue weighted by Gasteiger charge is 2.17. The molecule has 2 unspecified atom stereocenters. The van der Waals surface area contributed by atoms with Crippen LogP contribution < -0.4 is 5.32 Å². The molecule has 19 heavy (non-hydrogen) atoms. The molecule has 1 aromatic rings. The fourth-order valence-electron chi connectivity index (χ4n) is 2.52. The summed E-state index contributed by atoms with van der Waals surface area (Å²) in [6.45, 7) is 10.2. The van der Waals surface area contributed by atoms with E-state index in [0.717, 1.165) is 18.4 Å². The molecule has 2 atom stereocenters. The number of benzene rings is 1. The molecule has 0 saturated heterocycles. The first-order valence-corrected chi connectivity index (χ1v) is 8.30. The third-order valence-corrected chi connectivity index (χ3v) is 4.22. The van der Waals surface area contributed by atoms with Crippen LogP contribution >= 0.6 is 15.9 Å². The maximum absolute atomic E-state index is 3.61. The Kier molecular flexibility index (Phi) is 7.70. The molecule has 108 valence electrons. The predicted octanol–water partition coefficient (Wildman–Crippen LogP) is 5.04. The maximum Gasteiger partial charge on any atom is 0.0177 e. The molecule has 0 bridgehead atoms. The standard InChI is InChI=1S/C17H28BrN/c1-5-7-14(4)16(12-19-13(2)3)10-15-8-6-9-17(18)11-15/h6,8-9,11,13-14,16,19H,5,7,10,12H2,1-4H3. The van der Waals surface area contributed by atoms with Gasteiger partial charge in [0.2, 0.25) is 0 Å². The van der Waals surface area contributed by atoms with Crippen molar-refractivity contribution in [2.24, 2.45) is 11.8 Å². The Morgan fingerprint density at radius 1 is 1.21 bits per heavy atom. The van der Waals surface area contributed by atoms with Crippen molar-refractivity contribution in [3.05, 3.63) is 34.3 Å². The number of hydrogen-bond acceptors (Lipinski definition) is 1. The Balaban J connectivity index is 2.67. The summed E-state index contributed by atoms with van der Waals surface area (Å²) in [7, 11) is 0. The summed E-state index contributed by atoms with van der Waals surface area (Å²) in [5.74, 6) is 1.49. The molecule has 0 spiro atoms. The lowest BCUT2D eigenvalue weighted by Crippen LogP contribution is -2.33. The lowest BCUT2D eigenvalue weighted by molar-refractivity contribution is 0.310. The Morgan fingerprint density at radius 2 is 1.95 bits per heavy atom. The summed E-state index contributed by atoms with van der Waals surface area (Å²) in [4.78, 5) is 0. The Bertz CT molecular complexity index is 362. The van der Waals surface area contributed by atoms with Gasteiger partial charge in [0.1, 0.15) is 0 Å². The minimum atomic E-state index is 0.568. The van der Waals surface area contributed by atoms with Crippen molar-refractivity contribution in [1.82, 2.24) is 5.32 Å². The third kappa shape index (κ3) is 6.58. The summed E-state index contributed by atoms with van der Waals surface area (Å²) in [6.07, 6.45) is 3.76. The molecule has 0 amide bonds. The number of rotatable bonds is 8. The Hall–Kier alpha value is -0.340. The highest BCUT2D eigenvalue weighted by molar-refractivity contribution is 9.10. The first kappa shape index (κ1) is 16.7. The van der Waals surface area contributed by atoms with E-state index in [0.29, 0.717) is 6.04 Å². The van der Waals surface area contributed by atoms with Gasteiger partial charge >= 0.3 is 0 Å². The lowest BCUT2D eigenvalue weighted by atomic mass is 9.85. The van der Waals surface area contributed by atoms with Gasteiger partial charge in [-0.1, -0.05) is 68.6 Å². The zero-order valence-electron chi connectivity index (χ0n) is 12.7. The van der Waals surface area contributed by atoms with E-state index in [1.54, 1.807) is 0 Å². The quantitative estimate of drug-likeness (QED) is 0.705. The smallest absolute Gasteiger partial charge is 0.0177 e. The topological polar surface area (TPSA) is 12.0 Å². The maximum atomic E-state index is 3.61. The number of nitrogens with one attached hydrogen (secondary N) is 1. The zero-order chi connectivity index (χ0) is 14.3. The fourth-order valence-corrected chi connectivity index (χ4v) is 2.97. The first-order chi connectivity index (χ1) is 9.02. The number of hydrogen-bond donors (Lipinski definition) is 1. The lowest BCUT2D eigenvalue weighted by Gasteiger charge is -2.25. The van der Waals surface area contributed by atoms with Crippen molar-refractivity contribution in [3.63, 3.8) is 0 Å². The highest BCUT2D eigenvalue weighted by Crippen LogP contribution is 2.23. The van der Waals surface area contributed by atoms with Gasteiger partial charge in [0.05, 0.1) is 0 Å². The predicted molar refractivity (Wildman–Crippen MR) is 88.5 cm³/mol. The van der Waals surface area contributed by atoms with Gasteiger partial charge in [-0.3, -0.25) is 0 Å². The molecule has 1 N–H and O–H groups in total. The Labute approximate surface area is 127 Å². The third-order valence-electron chi connectivity index (χ3n) is 3.72. The fraction of sp³-hybridized carbons (Fsp3) is 0.647. The summed E-state index contributed by atoms with van der Waals surface area (Å²) in [5.41, 5.74) is 1.44. The van der Waals surface area contributed by atoms with Crippen molar-refractivity contribution in [2.75, 3.05) is 6.54 Å². The van der Waals surface area contributed by atoms with E-state index in [1.165, 1.54) is 29.3 Å². The molecule has 1 nitrogen and oxygen atoms in total. The van der Waals surface area contributed by atoms with Gasteiger partial charge in [0, 0.05) is 10.5 Å². The average Bonchev–Trinajstić information content (AvgIpc) is 2.34. The van der Waals surface area contributed by atoms with Crippen LogP contribution in [0.5, 0.6) is 0 Å². The van der Waals surface area contributed by atoms with Gasteiger partial charge in [-0.25, -0.2) is 0 Å². The summed E-state index contributed by atoms with van der Waals surface area (Å²) < 4.78 is 1.18. The molecule has 0 aliphatic heterocycles. The van der Waals surface area contributed by atoms with Crippen molar-refractivity contribution >= 4 is 15.9 Å². The van der Waals surface area contributed by atoms with Crippen molar-refractivity contribution in [1.29, 1.82) is 0 Å². The second-order valence-electron chi connectivity index (χ2n) is 5.92. The van der Waals surface area contributed by atoms with Crippen LogP contribution in [0.4, 0.5) is 0 Å². The van der Waals surface area contributed by atoms with Crippen LogP contribution in [0.25, 0.3) is 0 Å². The summed E-state index contributed by atoms with van der Waals surface area (Å²) in [6, 6.07) is 9.29. The van der Waals surface area contributed by atoms with Crippen molar-refractivity contribution in [2.45, 2.75) is 53.0 Å². The molecule has 2 heteroatoms. The van der Waals surface area contributed by atoms with E-state index in [2.05, 4.69) is 73.2 Å². The van der Waals surface area contributed by atoms with Crippen LogP contribution in [0.3, 0.4) is 0 Å². The van der Waals surface area contributed by atoms with Gasteiger partial charge in [0.15, 0.2) is 0 Å². The molecule has 0 heterocycles. The molecule has 0 aliphatic carbocycles. The van der Waals surface area contributed by atoms with E-state index in [1.807, 2.05) is 0 Å². The number of halogens is 1. The minimum absolute atomic E-state index is 0.568. The summed E-state index contributed by atoms with van der Waals surface area (Å²) in [5, 5.41) is 3.61. The van der Waals surface area contributed by atoms with E-state index < -0.39 is 0 Å². The van der Waals surface area contributed by atoms with Crippen molar-refractivity contribution in [3.8, 4) is 0 Å². The highest BCUT2D eigenvalue weighted by atomic mass is 79.9. The molecule has 0 radical (unpaired) electrons. The normalized spacial score (nSPS) is 14.6. The first-order valence-electron chi connectivity index (χ1n) is 7.50. The van der Waals surface area contributed by atoms with Crippen LogP contribution in [0.1, 0.15) is 46.1 Å². The minimum Gasteiger partial charge on any atom is -0.314 e. The summed E-state index contributed by atoms with van der Waals surface area (Å²) >= 11 is 3.57. The largest absolute Gasteiger partial charge is 0.314 e. The molecule has 0 saturated carbocycles. The second kappa shape index (κ2) is 8.76. The molecular formula is C17H28BrN. The zero-order valence-corrected chi connectivity index (χ0v) is 14.3. The van der Waals surface area contributed by atoms with Crippen LogP contribution in [0.15, 0.2) is 28.7 Å². The SMILES string of the molecule is CCCC(C)C(CNC(C)C)Cc1cccc(Br)c1. The van der Waals surface area contributed by atoms with E-state index >= 15 is 0 Å². The van der Waals surface area contributed by atoms with Crippen LogP contribution in [-0.4, -0.2) is 12.6 Å². The van der Waals surface area contributed by atoms with Gasteiger partial charge in [-0.2, -0.15) is 0 Å². The molecule has 1 aromatic carbocycles.